The lowest BCUT2D eigenvalue weighted by molar-refractivity contribution is 0.635. The van der Waals surface area contributed by atoms with Crippen molar-refractivity contribution in [2.24, 2.45) is 0 Å². The normalized spacial score (nSPS) is 14.0. The van der Waals surface area contributed by atoms with Crippen molar-refractivity contribution in [3.05, 3.63) is 74.2 Å². The maximum atomic E-state index is 12.4. The molecule has 0 saturated heterocycles. The van der Waals surface area contributed by atoms with E-state index in [0.717, 1.165) is 28.7 Å². The van der Waals surface area contributed by atoms with Crippen molar-refractivity contribution in [3.8, 4) is 0 Å². The summed E-state index contributed by atoms with van der Waals surface area (Å²) >= 11 is 3.35. The fourth-order valence-corrected chi connectivity index (χ4v) is 4.88. The largest absolute Gasteiger partial charge is 0.303 e. The summed E-state index contributed by atoms with van der Waals surface area (Å²) in [6, 6.07) is 10.2. The number of fused-ring (bicyclic) bond motifs is 1. The van der Waals surface area contributed by atoms with Gasteiger partial charge in [-0.3, -0.25) is 9.20 Å². The highest BCUT2D eigenvalue weighted by molar-refractivity contribution is 7.98. The maximum Gasteiger partial charge on any atom is 0.258 e. The van der Waals surface area contributed by atoms with Crippen LogP contribution >= 0.6 is 23.1 Å². The second kappa shape index (κ2) is 7.18. The summed E-state index contributed by atoms with van der Waals surface area (Å²) in [4.78, 5) is 18.3. The van der Waals surface area contributed by atoms with Crippen molar-refractivity contribution in [2.75, 3.05) is 0 Å². The molecule has 0 radical (unpaired) electrons. The van der Waals surface area contributed by atoms with Gasteiger partial charge in [-0.1, -0.05) is 17.8 Å². The van der Waals surface area contributed by atoms with Crippen LogP contribution < -0.4 is 5.56 Å². The molecule has 142 valence electrons. The molecule has 0 aromatic carbocycles. The van der Waals surface area contributed by atoms with Gasteiger partial charge in [0, 0.05) is 35.4 Å². The zero-order chi connectivity index (χ0) is 19.1. The van der Waals surface area contributed by atoms with Crippen LogP contribution in [0.4, 0.5) is 0 Å². The first-order chi connectivity index (χ1) is 13.7. The zero-order valence-electron chi connectivity index (χ0n) is 15.4. The van der Waals surface area contributed by atoms with Gasteiger partial charge in [-0.15, -0.1) is 21.5 Å². The molecule has 0 amide bonds. The second-order valence-corrected chi connectivity index (χ2v) is 9.04. The predicted molar refractivity (Wildman–Crippen MR) is 111 cm³/mol. The Labute approximate surface area is 170 Å². The summed E-state index contributed by atoms with van der Waals surface area (Å²) < 4.78 is 3.86. The van der Waals surface area contributed by atoms with Crippen LogP contribution in [0.25, 0.3) is 5.65 Å². The van der Waals surface area contributed by atoms with E-state index in [2.05, 4.69) is 37.3 Å². The van der Waals surface area contributed by atoms with Crippen molar-refractivity contribution >= 4 is 28.7 Å². The molecule has 8 heteroatoms. The maximum absolute atomic E-state index is 12.4. The monoisotopic (exact) mass is 409 g/mol. The molecule has 0 atom stereocenters. The Balaban J connectivity index is 1.40. The number of aromatic nitrogens is 5. The molecule has 1 fully saturated rings. The van der Waals surface area contributed by atoms with Crippen LogP contribution in [0.1, 0.15) is 40.8 Å². The van der Waals surface area contributed by atoms with E-state index in [4.69, 9.17) is 0 Å². The molecule has 4 heterocycles. The highest BCUT2D eigenvalue weighted by Gasteiger charge is 2.29. The van der Waals surface area contributed by atoms with Crippen molar-refractivity contribution in [1.29, 1.82) is 0 Å². The average Bonchev–Trinajstić information content (AvgIpc) is 3.22. The lowest BCUT2D eigenvalue weighted by Crippen LogP contribution is -2.15. The predicted octanol–water partition coefficient (Wildman–Crippen LogP) is 3.87. The van der Waals surface area contributed by atoms with E-state index < -0.39 is 0 Å². The Bertz CT molecular complexity index is 1190. The highest BCUT2D eigenvalue weighted by atomic mass is 32.2. The Morgan fingerprint density at radius 3 is 2.93 bits per heavy atom. The second-order valence-electron chi connectivity index (χ2n) is 7.06. The van der Waals surface area contributed by atoms with E-state index in [9.17, 15) is 4.79 Å². The van der Waals surface area contributed by atoms with Crippen LogP contribution in [0.3, 0.4) is 0 Å². The third kappa shape index (κ3) is 3.49. The molecule has 0 spiro atoms. The third-order valence-corrected chi connectivity index (χ3v) is 6.64. The molecule has 1 aliphatic carbocycles. The number of nitrogens with zero attached hydrogens (tertiary/aromatic N) is 5. The van der Waals surface area contributed by atoms with Gasteiger partial charge in [-0.2, -0.15) is 0 Å². The molecule has 0 aliphatic heterocycles. The van der Waals surface area contributed by atoms with Crippen LogP contribution in [0.2, 0.25) is 0 Å². The van der Waals surface area contributed by atoms with Gasteiger partial charge in [0.05, 0.1) is 5.69 Å². The van der Waals surface area contributed by atoms with Gasteiger partial charge in [0.2, 0.25) is 0 Å². The van der Waals surface area contributed by atoms with Crippen LogP contribution in [-0.4, -0.2) is 24.1 Å². The molecular weight excluding hydrogens is 390 g/mol. The minimum atomic E-state index is -0.0531. The molecule has 4 aromatic heterocycles. The molecular formula is C20H19N5OS2. The number of rotatable bonds is 6. The molecule has 4 aromatic rings. The van der Waals surface area contributed by atoms with E-state index in [1.807, 2.05) is 19.1 Å². The Morgan fingerprint density at radius 2 is 2.14 bits per heavy atom. The van der Waals surface area contributed by atoms with E-state index in [0.29, 0.717) is 17.4 Å². The summed E-state index contributed by atoms with van der Waals surface area (Å²) in [6.07, 6.45) is 4.95. The zero-order valence-corrected chi connectivity index (χ0v) is 17.0. The molecule has 1 saturated carbocycles. The number of thioether (sulfide) groups is 1. The SMILES string of the molecule is Cc1ccn2c(=O)cc(CSc3nnc(Cc4cccs4)n3C3CC3)nc2c1. The van der Waals surface area contributed by atoms with Crippen LogP contribution in [-0.2, 0) is 12.2 Å². The summed E-state index contributed by atoms with van der Waals surface area (Å²) in [7, 11) is 0. The summed E-state index contributed by atoms with van der Waals surface area (Å²) in [5, 5.41) is 11.9. The summed E-state index contributed by atoms with van der Waals surface area (Å²) in [5.74, 6) is 1.62. The number of hydrogen-bond donors (Lipinski definition) is 0. The van der Waals surface area contributed by atoms with Crippen LogP contribution in [0.15, 0.2) is 51.9 Å². The van der Waals surface area contributed by atoms with Crippen LogP contribution in [0, 0.1) is 6.92 Å². The minimum absolute atomic E-state index is 0.0531. The van der Waals surface area contributed by atoms with E-state index in [1.54, 1.807) is 39.8 Å². The van der Waals surface area contributed by atoms with E-state index >= 15 is 0 Å². The molecule has 0 N–H and O–H groups in total. The smallest absolute Gasteiger partial charge is 0.258 e. The summed E-state index contributed by atoms with van der Waals surface area (Å²) in [6.45, 7) is 2.00. The van der Waals surface area contributed by atoms with Gasteiger partial charge in [0.25, 0.3) is 5.56 Å². The first-order valence-corrected chi connectivity index (χ1v) is 11.1. The van der Waals surface area contributed by atoms with Crippen molar-refractivity contribution < 1.29 is 0 Å². The Kier molecular flexibility index (Phi) is 4.52. The summed E-state index contributed by atoms with van der Waals surface area (Å²) in [5.41, 5.74) is 2.49. The Morgan fingerprint density at radius 1 is 1.25 bits per heavy atom. The number of aryl methyl sites for hydroxylation is 1. The van der Waals surface area contributed by atoms with Gasteiger partial charge in [-0.25, -0.2) is 4.98 Å². The Hall–Kier alpha value is -2.45. The quantitative estimate of drug-likeness (QED) is 0.452. The topological polar surface area (TPSA) is 65.1 Å². The van der Waals surface area contributed by atoms with Crippen LogP contribution in [0.5, 0.6) is 0 Å². The van der Waals surface area contributed by atoms with E-state index in [1.165, 1.54) is 17.7 Å². The lowest BCUT2D eigenvalue weighted by Gasteiger charge is -2.08. The molecule has 6 nitrogen and oxygen atoms in total. The molecule has 28 heavy (non-hydrogen) atoms. The fourth-order valence-electron chi connectivity index (χ4n) is 3.26. The van der Waals surface area contributed by atoms with Gasteiger partial charge in [0.15, 0.2) is 5.16 Å². The standard InChI is InChI=1S/C20H19N5OS2/c1-13-6-7-24-17(9-13)21-14(10-19(24)26)12-28-20-23-22-18(25(20)15-4-5-15)11-16-3-2-8-27-16/h2-3,6-10,15H,4-5,11-12H2,1H3. The van der Waals surface area contributed by atoms with Crippen molar-refractivity contribution in [2.45, 2.75) is 43.1 Å². The molecule has 0 unspecified atom stereocenters. The van der Waals surface area contributed by atoms with Gasteiger partial charge in [-0.05, 0) is 48.9 Å². The van der Waals surface area contributed by atoms with Gasteiger partial charge >= 0.3 is 0 Å². The van der Waals surface area contributed by atoms with E-state index in [-0.39, 0.29) is 5.56 Å². The average molecular weight is 410 g/mol. The fraction of sp³-hybridized carbons (Fsp3) is 0.300. The highest BCUT2D eigenvalue weighted by Crippen LogP contribution is 2.39. The number of thiophene rings is 1. The van der Waals surface area contributed by atoms with Gasteiger partial charge in [0.1, 0.15) is 11.5 Å². The van der Waals surface area contributed by atoms with Gasteiger partial charge < -0.3 is 4.57 Å². The first-order valence-electron chi connectivity index (χ1n) is 9.25. The minimum Gasteiger partial charge on any atom is -0.303 e. The first kappa shape index (κ1) is 17.6. The third-order valence-electron chi connectivity index (χ3n) is 4.78. The lowest BCUT2D eigenvalue weighted by atomic mass is 10.3. The molecule has 1 aliphatic rings. The number of hydrogen-bond acceptors (Lipinski definition) is 6. The van der Waals surface area contributed by atoms with Crippen molar-refractivity contribution in [3.63, 3.8) is 0 Å². The molecule has 5 rings (SSSR count). The van der Waals surface area contributed by atoms with Crippen molar-refractivity contribution in [1.82, 2.24) is 24.1 Å². The molecule has 0 bridgehead atoms. The number of pyridine rings is 1.